The minimum Gasteiger partial charge on any atom is -0.481 e. The van der Waals surface area contributed by atoms with Gasteiger partial charge in [0.05, 0.1) is 19.3 Å². The van der Waals surface area contributed by atoms with Gasteiger partial charge in [-0.1, -0.05) is 19.6 Å². The molecule has 0 aromatic heterocycles. The predicted molar refractivity (Wildman–Crippen MR) is 72.2 cm³/mol. The third kappa shape index (κ3) is 3.55. The Balaban J connectivity index is 2.95. The Morgan fingerprint density at radius 1 is 1.29 bits per heavy atom. The summed E-state index contributed by atoms with van der Waals surface area (Å²) < 4.78 is 6.20. The number of carboxylic acid groups (broad SMARTS) is 1. The number of aliphatic carboxylic acids is 1. The molecule has 0 radical (unpaired) electrons. The van der Waals surface area contributed by atoms with E-state index < -0.39 is 14.0 Å². The summed E-state index contributed by atoms with van der Waals surface area (Å²) in [6, 6.07) is 0. The summed E-state index contributed by atoms with van der Waals surface area (Å²) in [6.07, 6.45) is 2.23. The van der Waals surface area contributed by atoms with E-state index in [1.54, 1.807) is 0 Å². The highest BCUT2D eigenvalue weighted by atomic mass is 28.3. The zero-order valence-corrected chi connectivity index (χ0v) is 13.0. The van der Waals surface area contributed by atoms with Crippen LogP contribution in [-0.2, 0) is 9.53 Å². The van der Waals surface area contributed by atoms with E-state index in [0.717, 1.165) is 12.8 Å². The van der Waals surface area contributed by atoms with E-state index in [2.05, 4.69) is 40.4 Å². The fraction of sp³-hybridized carbons (Fsp3) is 0.923. The number of rotatable bonds is 4. The van der Waals surface area contributed by atoms with Gasteiger partial charge in [0.2, 0.25) is 0 Å². The van der Waals surface area contributed by atoms with Crippen molar-refractivity contribution in [1.82, 2.24) is 0 Å². The lowest BCUT2D eigenvalue weighted by atomic mass is 9.94. The first-order valence-corrected chi connectivity index (χ1v) is 9.96. The summed E-state index contributed by atoms with van der Waals surface area (Å²) in [7, 11) is -1.56. The molecule has 0 amide bonds. The van der Waals surface area contributed by atoms with Crippen molar-refractivity contribution in [3.63, 3.8) is 0 Å². The number of hydrogen-bond acceptors (Lipinski definition) is 2. The summed E-state index contributed by atoms with van der Waals surface area (Å²) in [6.45, 7) is 13.0. The summed E-state index contributed by atoms with van der Waals surface area (Å²) in [4.78, 5) is 11.1. The first-order valence-electron chi connectivity index (χ1n) is 6.38. The van der Waals surface area contributed by atoms with Crippen LogP contribution in [0.4, 0.5) is 0 Å². The Bertz CT molecular complexity index is 306. The largest absolute Gasteiger partial charge is 0.481 e. The van der Waals surface area contributed by atoms with Crippen molar-refractivity contribution in [2.45, 2.75) is 76.4 Å². The van der Waals surface area contributed by atoms with Crippen LogP contribution < -0.4 is 0 Å². The topological polar surface area (TPSA) is 46.5 Å². The van der Waals surface area contributed by atoms with Crippen molar-refractivity contribution in [2.75, 3.05) is 0 Å². The van der Waals surface area contributed by atoms with Gasteiger partial charge < -0.3 is 9.84 Å². The molecule has 1 N–H and O–H groups in total. The van der Waals surface area contributed by atoms with Gasteiger partial charge in [-0.05, 0) is 39.2 Å². The first-order chi connectivity index (χ1) is 7.46. The number of hydrogen-bond donors (Lipinski definition) is 1. The maximum Gasteiger partial charge on any atom is 0.303 e. The highest BCUT2D eigenvalue weighted by molar-refractivity contribution is 6.78. The van der Waals surface area contributed by atoms with E-state index in [4.69, 9.17) is 9.84 Å². The number of ether oxygens (including phenoxy) is 1. The van der Waals surface area contributed by atoms with Crippen molar-refractivity contribution < 1.29 is 14.6 Å². The summed E-state index contributed by atoms with van der Waals surface area (Å²) in [5.41, 5.74) is -0.188. The number of carbonyl (C=O) groups is 1. The van der Waals surface area contributed by atoms with Gasteiger partial charge in [-0.3, -0.25) is 4.79 Å². The van der Waals surface area contributed by atoms with Gasteiger partial charge >= 0.3 is 5.97 Å². The fourth-order valence-electron chi connectivity index (χ4n) is 3.14. The Morgan fingerprint density at radius 3 is 2.12 bits per heavy atom. The quantitative estimate of drug-likeness (QED) is 0.785. The lowest BCUT2D eigenvalue weighted by Crippen LogP contribution is -2.46. The van der Waals surface area contributed by atoms with Gasteiger partial charge in [0.1, 0.15) is 0 Å². The van der Waals surface area contributed by atoms with Gasteiger partial charge in [-0.25, -0.2) is 0 Å². The van der Waals surface area contributed by atoms with E-state index in [1.807, 2.05) is 0 Å². The van der Waals surface area contributed by atoms with Crippen LogP contribution in [0.1, 0.15) is 40.0 Å². The average molecular weight is 258 g/mol. The average Bonchev–Trinajstić information content (AvgIpc) is 2.35. The molecule has 1 heterocycles. The van der Waals surface area contributed by atoms with Crippen molar-refractivity contribution >= 4 is 14.0 Å². The molecule has 2 atom stereocenters. The zero-order valence-electron chi connectivity index (χ0n) is 12.0. The molecule has 100 valence electrons. The predicted octanol–water partition coefficient (Wildman–Crippen LogP) is 3.52. The molecule has 0 aliphatic carbocycles. The molecule has 0 saturated carbocycles. The van der Waals surface area contributed by atoms with Crippen molar-refractivity contribution in [2.24, 2.45) is 0 Å². The van der Waals surface area contributed by atoms with Crippen molar-refractivity contribution in [3.8, 4) is 0 Å². The van der Waals surface area contributed by atoms with Gasteiger partial charge in [-0.2, -0.15) is 0 Å². The van der Waals surface area contributed by atoms with Gasteiger partial charge in [0.25, 0.3) is 0 Å². The highest BCUT2D eigenvalue weighted by Gasteiger charge is 2.50. The Kier molecular flexibility index (Phi) is 3.80. The van der Waals surface area contributed by atoms with Crippen molar-refractivity contribution in [1.29, 1.82) is 0 Å². The SMILES string of the molecule is CC1(C)CCC(C)(C(CC(=O)O)[Si](C)(C)C)O1. The molecule has 0 bridgehead atoms. The zero-order chi connectivity index (χ0) is 13.5. The summed E-state index contributed by atoms with van der Waals surface area (Å²) >= 11 is 0. The molecule has 0 aromatic carbocycles. The van der Waals surface area contributed by atoms with Crippen LogP contribution in [-0.4, -0.2) is 30.4 Å². The monoisotopic (exact) mass is 258 g/mol. The molecule has 1 aliphatic rings. The summed E-state index contributed by atoms with van der Waals surface area (Å²) in [5.74, 6) is -0.702. The van der Waals surface area contributed by atoms with E-state index in [-0.39, 0.29) is 23.2 Å². The maximum absolute atomic E-state index is 11.1. The smallest absolute Gasteiger partial charge is 0.303 e. The minimum absolute atomic E-state index is 0.106. The van der Waals surface area contributed by atoms with Crippen LogP contribution in [0.3, 0.4) is 0 Å². The van der Waals surface area contributed by atoms with Crippen LogP contribution in [0.25, 0.3) is 0 Å². The van der Waals surface area contributed by atoms with Crippen LogP contribution in [0, 0.1) is 0 Å². The molecule has 0 spiro atoms. The van der Waals surface area contributed by atoms with Gasteiger partial charge in [-0.15, -0.1) is 0 Å². The van der Waals surface area contributed by atoms with Crippen LogP contribution in [0.2, 0.25) is 25.2 Å². The standard InChI is InChI=1S/C13H26O3Si/c1-12(2)7-8-13(3,16-12)10(9-11(14)15)17(4,5)6/h10H,7-9H2,1-6H3,(H,14,15). The molecule has 17 heavy (non-hydrogen) atoms. The lowest BCUT2D eigenvalue weighted by Gasteiger charge is -2.41. The Hall–Kier alpha value is -0.353. The molecular weight excluding hydrogens is 232 g/mol. The van der Waals surface area contributed by atoms with E-state index in [1.165, 1.54) is 0 Å². The molecule has 1 rings (SSSR count). The number of carboxylic acids is 1. The highest BCUT2D eigenvalue weighted by Crippen LogP contribution is 2.49. The second kappa shape index (κ2) is 4.39. The van der Waals surface area contributed by atoms with Crippen molar-refractivity contribution in [3.05, 3.63) is 0 Å². The Labute approximate surface area is 106 Å². The minimum atomic E-state index is -1.56. The van der Waals surface area contributed by atoms with Crippen LogP contribution >= 0.6 is 0 Å². The van der Waals surface area contributed by atoms with Crippen LogP contribution in [0.15, 0.2) is 0 Å². The van der Waals surface area contributed by atoms with Gasteiger partial charge in [0, 0.05) is 6.42 Å². The van der Waals surface area contributed by atoms with E-state index >= 15 is 0 Å². The maximum atomic E-state index is 11.1. The second-order valence-electron chi connectivity index (χ2n) is 7.19. The second-order valence-corrected chi connectivity index (χ2v) is 12.6. The van der Waals surface area contributed by atoms with Crippen LogP contribution in [0.5, 0.6) is 0 Å². The molecule has 1 aliphatic heterocycles. The summed E-state index contributed by atoms with van der Waals surface area (Å²) in [5, 5.41) is 9.12. The fourth-order valence-corrected chi connectivity index (χ4v) is 5.96. The van der Waals surface area contributed by atoms with Gasteiger partial charge in [0.15, 0.2) is 0 Å². The normalized spacial score (nSPS) is 30.2. The Morgan fingerprint density at radius 2 is 1.82 bits per heavy atom. The molecule has 4 heteroatoms. The molecule has 0 aromatic rings. The molecule has 3 nitrogen and oxygen atoms in total. The van der Waals surface area contributed by atoms with E-state index in [9.17, 15) is 4.79 Å². The molecular formula is C13H26O3Si. The molecule has 1 saturated heterocycles. The lowest BCUT2D eigenvalue weighted by molar-refractivity contribution is -0.140. The molecule has 2 unspecified atom stereocenters. The third-order valence-corrected chi connectivity index (χ3v) is 6.80. The third-order valence-electron chi connectivity index (χ3n) is 3.89. The first kappa shape index (κ1) is 14.7. The molecule has 1 fully saturated rings. The van der Waals surface area contributed by atoms with E-state index in [0.29, 0.717) is 0 Å².